The van der Waals surface area contributed by atoms with Gasteiger partial charge in [-0.3, -0.25) is 15.0 Å². The summed E-state index contributed by atoms with van der Waals surface area (Å²) in [6, 6.07) is 1.51. The summed E-state index contributed by atoms with van der Waals surface area (Å²) >= 11 is 1.66. The van der Waals surface area contributed by atoms with Crippen LogP contribution in [0.15, 0.2) is 30.0 Å². The van der Waals surface area contributed by atoms with Crippen molar-refractivity contribution >= 4 is 28.3 Å². The van der Waals surface area contributed by atoms with Crippen LogP contribution in [0, 0.1) is 0 Å². The minimum Gasteiger partial charge on any atom is -0.347 e. The molecule has 1 amide bonds. The fourth-order valence-electron chi connectivity index (χ4n) is 2.63. The summed E-state index contributed by atoms with van der Waals surface area (Å²) in [7, 11) is 0. The van der Waals surface area contributed by atoms with Gasteiger partial charge in [0.25, 0.3) is 0 Å². The van der Waals surface area contributed by atoms with Gasteiger partial charge in [-0.05, 0) is 19.4 Å². The summed E-state index contributed by atoms with van der Waals surface area (Å²) in [6.07, 6.45) is 6.08. The zero-order valence-corrected chi connectivity index (χ0v) is 13.9. The molecule has 2 aromatic heterocycles. The molecule has 1 aliphatic heterocycles. The molecule has 0 aromatic carbocycles. The Bertz CT molecular complexity index is 620. The third kappa shape index (κ3) is 4.02. The topological polar surface area (TPSA) is 74.2 Å². The van der Waals surface area contributed by atoms with Crippen molar-refractivity contribution in [2.24, 2.45) is 0 Å². The van der Waals surface area contributed by atoms with E-state index in [1.54, 1.807) is 29.8 Å². The molecule has 122 valence electrons. The lowest BCUT2D eigenvalue weighted by molar-refractivity contribution is -0.120. The van der Waals surface area contributed by atoms with Gasteiger partial charge in [-0.25, -0.2) is 15.0 Å². The van der Waals surface area contributed by atoms with Crippen LogP contribution < -0.4 is 10.2 Å². The van der Waals surface area contributed by atoms with Crippen LogP contribution in [-0.2, 0) is 4.79 Å². The molecule has 1 fully saturated rings. The van der Waals surface area contributed by atoms with Crippen LogP contribution in [0.25, 0.3) is 0 Å². The molecule has 0 saturated carbocycles. The number of rotatable bonds is 4. The molecule has 2 aromatic rings. The second kappa shape index (κ2) is 7.47. The molecule has 0 spiro atoms. The number of aromatic nitrogens is 3. The van der Waals surface area contributed by atoms with Crippen molar-refractivity contribution in [1.29, 1.82) is 0 Å². The number of carbonyl (C=O) groups is 1. The quantitative estimate of drug-likeness (QED) is 0.914. The van der Waals surface area contributed by atoms with E-state index in [0.717, 1.165) is 37.7 Å². The first kappa shape index (κ1) is 15.8. The second-order valence-electron chi connectivity index (χ2n) is 5.43. The normalized spacial score (nSPS) is 17.5. The van der Waals surface area contributed by atoms with E-state index in [1.807, 2.05) is 18.5 Å². The average Bonchev–Trinajstić information content (AvgIpc) is 3.00. The molecule has 0 aliphatic carbocycles. The van der Waals surface area contributed by atoms with Gasteiger partial charge in [-0.1, -0.05) is 0 Å². The van der Waals surface area contributed by atoms with E-state index in [4.69, 9.17) is 0 Å². The Morgan fingerprint density at radius 2 is 2.00 bits per heavy atom. The first-order chi connectivity index (χ1) is 11.2. The Morgan fingerprint density at radius 3 is 2.74 bits per heavy atom. The molecule has 1 atom stereocenters. The third-order valence-corrected chi connectivity index (χ3v) is 4.78. The SMILES string of the molecule is CC(C(=O)Nc1ncccn1)N1CCCN(c2nccs2)CC1. The Labute approximate surface area is 139 Å². The van der Waals surface area contributed by atoms with Gasteiger partial charge in [-0.2, -0.15) is 0 Å². The van der Waals surface area contributed by atoms with Gasteiger partial charge in [-0.15, -0.1) is 11.3 Å². The predicted molar refractivity (Wildman–Crippen MR) is 90.6 cm³/mol. The van der Waals surface area contributed by atoms with Crippen molar-refractivity contribution < 1.29 is 4.79 Å². The van der Waals surface area contributed by atoms with Crippen LogP contribution in [0.1, 0.15) is 13.3 Å². The summed E-state index contributed by atoms with van der Waals surface area (Å²) in [5.74, 6) is 0.280. The van der Waals surface area contributed by atoms with Gasteiger partial charge in [0.05, 0.1) is 6.04 Å². The van der Waals surface area contributed by atoms with Crippen LogP contribution in [-0.4, -0.2) is 58.0 Å². The molecular formula is C15H20N6OS. The van der Waals surface area contributed by atoms with Gasteiger partial charge in [0, 0.05) is 50.1 Å². The predicted octanol–water partition coefficient (Wildman–Crippen LogP) is 1.47. The highest BCUT2D eigenvalue weighted by molar-refractivity contribution is 7.13. The number of thiazole rings is 1. The van der Waals surface area contributed by atoms with E-state index in [-0.39, 0.29) is 11.9 Å². The van der Waals surface area contributed by atoms with E-state index in [0.29, 0.717) is 5.95 Å². The van der Waals surface area contributed by atoms with Gasteiger partial charge in [0.15, 0.2) is 5.13 Å². The number of hydrogen-bond donors (Lipinski definition) is 1. The molecular weight excluding hydrogens is 312 g/mol. The van der Waals surface area contributed by atoms with Crippen molar-refractivity contribution in [2.45, 2.75) is 19.4 Å². The molecule has 1 N–H and O–H groups in total. The van der Waals surface area contributed by atoms with Crippen LogP contribution >= 0.6 is 11.3 Å². The first-order valence-electron chi connectivity index (χ1n) is 7.70. The molecule has 8 heteroatoms. The van der Waals surface area contributed by atoms with E-state index >= 15 is 0 Å². The lowest BCUT2D eigenvalue weighted by Gasteiger charge is -2.26. The molecule has 23 heavy (non-hydrogen) atoms. The number of nitrogens with one attached hydrogen (secondary N) is 1. The molecule has 0 bridgehead atoms. The Morgan fingerprint density at radius 1 is 1.17 bits per heavy atom. The highest BCUT2D eigenvalue weighted by Gasteiger charge is 2.25. The van der Waals surface area contributed by atoms with E-state index in [9.17, 15) is 4.79 Å². The van der Waals surface area contributed by atoms with Crippen LogP contribution in [0.5, 0.6) is 0 Å². The zero-order valence-electron chi connectivity index (χ0n) is 13.1. The molecule has 1 unspecified atom stereocenters. The van der Waals surface area contributed by atoms with Crippen LogP contribution in [0.3, 0.4) is 0 Å². The van der Waals surface area contributed by atoms with Gasteiger partial charge < -0.3 is 4.90 Å². The van der Waals surface area contributed by atoms with Crippen molar-refractivity contribution in [1.82, 2.24) is 19.9 Å². The summed E-state index contributed by atoms with van der Waals surface area (Å²) in [5, 5.41) is 5.82. The molecule has 1 aliphatic rings. The largest absolute Gasteiger partial charge is 0.347 e. The highest BCUT2D eigenvalue weighted by Crippen LogP contribution is 2.19. The second-order valence-corrected chi connectivity index (χ2v) is 6.30. The lowest BCUT2D eigenvalue weighted by atomic mass is 10.2. The number of nitrogens with zero attached hydrogens (tertiary/aromatic N) is 5. The molecule has 7 nitrogen and oxygen atoms in total. The summed E-state index contributed by atoms with van der Waals surface area (Å²) in [6.45, 7) is 5.51. The minimum atomic E-state index is -0.213. The number of carbonyl (C=O) groups excluding carboxylic acids is 1. The molecule has 0 radical (unpaired) electrons. The van der Waals surface area contributed by atoms with Crippen molar-refractivity contribution in [3.05, 3.63) is 30.0 Å². The number of amides is 1. The van der Waals surface area contributed by atoms with Crippen LogP contribution in [0.2, 0.25) is 0 Å². The maximum atomic E-state index is 12.4. The van der Waals surface area contributed by atoms with E-state index < -0.39 is 0 Å². The van der Waals surface area contributed by atoms with E-state index in [1.165, 1.54) is 0 Å². The highest BCUT2D eigenvalue weighted by atomic mass is 32.1. The van der Waals surface area contributed by atoms with Crippen LogP contribution in [0.4, 0.5) is 11.1 Å². The summed E-state index contributed by atoms with van der Waals surface area (Å²) in [4.78, 5) is 29.3. The number of anilines is 2. The standard InChI is InChI=1S/C15H20N6OS/c1-12(13(22)19-14-16-4-2-5-17-14)20-7-3-8-21(10-9-20)15-18-6-11-23-15/h2,4-6,11-12H,3,7-10H2,1H3,(H,16,17,19,22). The zero-order chi connectivity index (χ0) is 16.1. The first-order valence-corrected chi connectivity index (χ1v) is 8.58. The fourth-order valence-corrected chi connectivity index (χ4v) is 3.33. The van der Waals surface area contributed by atoms with Gasteiger partial charge in [0.1, 0.15) is 0 Å². The smallest absolute Gasteiger partial charge is 0.243 e. The van der Waals surface area contributed by atoms with Gasteiger partial charge in [0.2, 0.25) is 11.9 Å². The van der Waals surface area contributed by atoms with Gasteiger partial charge >= 0.3 is 0 Å². The van der Waals surface area contributed by atoms with Crippen molar-refractivity contribution in [3.63, 3.8) is 0 Å². The lowest BCUT2D eigenvalue weighted by Crippen LogP contribution is -2.44. The molecule has 3 heterocycles. The fraction of sp³-hybridized carbons (Fsp3) is 0.467. The average molecular weight is 332 g/mol. The van der Waals surface area contributed by atoms with Crippen molar-refractivity contribution in [2.75, 3.05) is 36.4 Å². The molecule has 3 rings (SSSR count). The monoisotopic (exact) mass is 332 g/mol. The number of hydrogen-bond acceptors (Lipinski definition) is 7. The Balaban J connectivity index is 1.57. The summed E-state index contributed by atoms with van der Waals surface area (Å²) in [5.41, 5.74) is 0. The van der Waals surface area contributed by atoms with Crippen molar-refractivity contribution in [3.8, 4) is 0 Å². The Kier molecular flexibility index (Phi) is 5.14. The summed E-state index contributed by atoms with van der Waals surface area (Å²) < 4.78 is 0. The maximum absolute atomic E-state index is 12.4. The molecule has 1 saturated heterocycles. The third-order valence-electron chi connectivity index (χ3n) is 3.95. The minimum absolute atomic E-state index is 0.0705. The Hall–Kier alpha value is -2.06. The van der Waals surface area contributed by atoms with E-state index in [2.05, 4.69) is 30.1 Å². The maximum Gasteiger partial charge on any atom is 0.243 e.